The average molecular weight is 275 g/mol. The van der Waals surface area contributed by atoms with E-state index in [4.69, 9.17) is 9.47 Å². The zero-order valence-electron chi connectivity index (χ0n) is 11.1. The molecule has 0 aliphatic carbocycles. The summed E-state index contributed by atoms with van der Waals surface area (Å²) in [6.45, 7) is 1.09. The predicted octanol–water partition coefficient (Wildman–Crippen LogP) is 1.19. The van der Waals surface area contributed by atoms with Crippen LogP contribution in [-0.4, -0.2) is 31.8 Å². The Hall–Kier alpha value is -2.14. The van der Waals surface area contributed by atoms with E-state index in [1.807, 2.05) is 30.3 Å². The monoisotopic (exact) mass is 275 g/mol. The zero-order chi connectivity index (χ0) is 14.2. The van der Waals surface area contributed by atoms with Gasteiger partial charge in [0, 0.05) is 12.1 Å². The Morgan fingerprint density at radius 2 is 1.95 bits per heavy atom. The van der Waals surface area contributed by atoms with Crippen molar-refractivity contribution in [1.82, 2.24) is 5.32 Å². The standard InChI is InChI=1S/C15H17NO4/c17-14(10-12-4-2-1-3-5-12)19-11-20-15(18)13-6-8-16-9-7-13/h1-6,16H,7-11H2. The highest BCUT2D eigenvalue weighted by Gasteiger charge is 2.14. The lowest BCUT2D eigenvalue weighted by Gasteiger charge is -2.13. The number of rotatable bonds is 5. The maximum absolute atomic E-state index is 11.6. The fourth-order valence-corrected chi connectivity index (χ4v) is 1.86. The van der Waals surface area contributed by atoms with E-state index in [1.54, 1.807) is 6.08 Å². The summed E-state index contributed by atoms with van der Waals surface area (Å²) < 4.78 is 9.79. The number of carbonyl (C=O) groups is 2. The lowest BCUT2D eigenvalue weighted by Crippen LogP contribution is -2.25. The van der Waals surface area contributed by atoms with Gasteiger partial charge in [0.25, 0.3) is 0 Å². The van der Waals surface area contributed by atoms with Gasteiger partial charge in [-0.2, -0.15) is 0 Å². The Bertz CT molecular complexity index is 496. The van der Waals surface area contributed by atoms with E-state index in [9.17, 15) is 9.59 Å². The minimum absolute atomic E-state index is 0.172. The predicted molar refractivity (Wildman–Crippen MR) is 72.8 cm³/mol. The molecule has 1 aromatic rings. The molecular weight excluding hydrogens is 258 g/mol. The Morgan fingerprint density at radius 3 is 2.65 bits per heavy atom. The third kappa shape index (κ3) is 4.51. The first-order valence-electron chi connectivity index (χ1n) is 6.52. The van der Waals surface area contributed by atoms with Crippen LogP contribution in [0.1, 0.15) is 12.0 Å². The molecule has 0 amide bonds. The van der Waals surface area contributed by atoms with Crippen molar-refractivity contribution in [2.45, 2.75) is 12.8 Å². The molecule has 5 nitrogen and oxygen atoms in total. The Labute approximate surface area is 117 Å². The minimum Gasteiger partial charge on any atom is -0.428 e. The first kappa shape index (κ1) is 14.3. The number of ether oxygens (including phenoxy) is 2. The number of carbonyl (C=O) groups excluding carboxylic acids is 2. The van der Waals surface area contributed by atoms with E-state index in [1.165, 1.54) is 0 Å². The molecule has 1 aliphatic heterocycles. The summed E-state index contributed by atoms with van der Waals surface area (Å²) in [7, 11) is 0. The van der Waals surface area contributed by atoms with E-state index >= 15 is 0 Å². The quantitative estimate of drug-likeness (QED) is 0.646. The van der Waals surface area contributed by atoms with E-state index < -0.39 is 11.9 Å². The van der Waals surface area contributed by atoms with E-state index in [0.717, 1.165) is 12.1 Å². The van der Waals surface area contributed by atoms with Crippen LogP contribution in [0.5, 0.6) is 0 Å². The van der Waals surface area contributed by atoms with Gasteiger partial charge in [-0.1, -0.05) is 36.4 Å². The summed E-state index contributed by atoms with van der Waals surface area (Å²) in [6.07, 6.45) is 2.60. The third-order valence-corrected chi connectivity index (χ3v) is 2.93. The molecular formula is C15H17NO4. The van der Waals surface area contributed by atoms with Gasteiger partial charge in [0.15, 0.2) is 0 Å². The van der Waals surface area contributed by atoms with Crippen molar-refractivity contribution in [3.63, 3.8) is 0 Å². The Balaban J connectivity index is 1.69. The summed E-state index contributed by atoms with van der Waals surface area (Å²) in [5, 5.41) is 3.10. The van der Waals surface area contributed by atoms with Gasteiger partial charge in [-0.05, 0) is 18.5 Å². The van der Waals surface area contributed by atoms with Crippen LogP contribution in [0, 0.1) is 0 Å². The summed E-state index contributed by atoms with van der Waals surface area (Å²) in [5.74, 6) is -0.831. The molecule has 0 saturated carbocycles. The SMILES string of the molecule is O=C(Cc1ccccc1)OCOC(=O)C1=CCNCC1. The second-order valence-corrected chi connectivity index (χ2v) is 4.41. The molecule has 0 radical (unpaired) electrons. The van der Waals surface area contributed by atoms with Crippen molar-refractivity contribution in [2.75, 3.05) is 19.9 Å². The lowest BCUT2D eigenvalue weighted by atomic mass is 10.1. The van der Waals surface area contributed by atoms with Crippen LogP contribution in [-0.2, 0) is 25.5 Å². The summed E-state index contributed by atoms with van der Waals surface area (Å²) in [5.41, 5.74) is 1.49. The normalized spacial score (nSPS) is 14.3. The van der Waals surface area contributed by atoms with Gasteiger partial charge >= 0.3 is 11.9 Å². The lowest BCUT2D eigenvalue weighted by molar-refractivity contribution is -0.164. The molecule has 0 spiro atoms. The first-order chi connectivity index (χ1) is 9.75. The molecule has 0 saturated heterocycles. The number of esters is 2. The van der Waals surface area contributed by atoms with Crippen LogP contribution >= 0.6 is 0 Å². The first-order valence-corrected chi connectivity index (χ1v) is 6.52. The second kappa shape index (κ2) is 7.45. The molecule has 2 rings (SSSR count). The van der Waals surface area contributed by atoms with Gasteiger partial charge in [0.1, 0.15) is 0 Å². The maximum Gasteiger partial charge on any atom is 0.336 e. The van der Waals surface area contributed by atoms with Gasteiger partial charge in [0.05, 0.1) is 6.42 Å². The van der Waals surface area contributed by atoms with Crippen molar-refractivity contribution in [1.29, 1.82) is 0 Å². The van der Waals surface area contributed by atoms with Gasteiger partial charge in [0.2, 0.25) is 6.79 Å². The molecule has 0 atom stereocenters. The van der Waals surface area contributed by atoms with E-state index in [0.29, 0.717) is 18.5 Å². The van der Waals surface area contributed by atoms with Gasteiger partial charge in [-0.25, -0.2) is 4.79 Å². The molecule has 0 bridgehead atoms. The Morgan fingerprint density at radius 1 is 1.15 bits per heavy atom. The number of benzene rings is 1. The van der Waals surface area contributed by atoms with Gasteiger partial charge in [-0.15, -0.1) is 0 Å². The average Bonchev–Trinajstić information content (AvgIpc) is 2.49. The summed E-state index contributed by atoms with van der Waals surface area (Å²) in [4.78, 5) is 23.2. The molecule has 1 aromatic carbocycles. The van der Waals surface area contributed by atoms with Crippen LogP contribution in [0.25, 0.3) is 0 Å². The maximum atomic E-state index is 11.6. The fourth-order valence-electron chi connectivity index (χ4n) is 1.86. The van der Waals surface area contributed by atoms with Crippen LogP contribution < -0.4 is 5.32 Å². The smallest absolute Gasteiger partial charge is 0.336 e. The minimum atomic E-state index is -0.418. The van der Waals surface area contributed by atoms with Crippen molar-refractivity contribution < 1.29 is 19.1 Å². The molecule has 5 heteroatoms. The fraction of sp³-hybridized carbons (Fsp3) is 0.333. The van der Waals surface area contributed by atoms with Crippen molar-refractivity contribution in [3.05, 3.63) is 47.5 Å². The van der Waals surface area contributed by atoms with Crippen molar-refractivity contribution in [3.8, 4) is 0 Å². The number of hydrogen-bond acceptors (Lipinski definition) is 5. The molecule has 1 heterocycles. The highest BCUT2D eigenvalue weighted by atomic mass is 16.7. The van der Waals surface area contributed by atoms with Gasteiger partial charge < -0.3 is 14.8 Å². The molecule has 0 unspecified atom stereocenters. The van der Waals surface area contributed by atoms with Gasteiger partial charge in [-0.3, -0.25) is 4.79 Å². The molecule has 106 valence electrons. The van der Waals surface area contributed by atoms with Crippen LogP contribution in [0.3, 0.4) is 0 Å². The Kier molecular flexibility index (Phi) is 5.32. The number of hydrogen-bond donors (Lipinski definition) is 1. The highest BCUT2D eigenvalue weighted by molar-refractivity contribution is 5.88. The molecule has 0 fully saturated rings. The molecule has 0 aromatic heterocycles. The molecule has 20 heavy (non-hydrogen) atoms. The highest BCUT2D eigenvalue weighted by Crippen LogP contribution is 2.07. The summed E-state index contributed by atoms with van der Waals surface area (Å²) >= 11 is 0. The molecule has 1 N–H and O–H groups in total. The van der Waals surface area contributed by atoms with E-state index in [2.05, 4.69) is 5.32 Å². The van der Waals surface area contributed by atoms with E-state index in [-0.39, 0.29) is 13.2 Å². The van der Waals surface area contributed by atoms with Crippen molar-refractivity contribution in [2.24, 2.45) is 0 Å². The van der Waals surface area contributed by atoms with Crippen LogP contribution in [0.4, 0.5) is 0 Å². The van der Waals surface area contributed by atoms with Crippen LogP contribution in [0.15, 0.2) is 42.0 Å². The second-order valence-electron chi connectivity index (χ2n) is 4.41. The zero-order valence-corrected chi connectivity index (χ0v) is 11.1. The topological polar surface area (TPSA) is 64.6 Å². The third-order valence-electron chi connectivity index (χ3n) is 2.93. The molecule has 1 aliphatic rings. The summed E-state index contributed by atoms with van der Waals surface area (Å²) in [6, 6.07) is 9.27. The van der Waals surface area contributed by atoms with Crippen LogP contribution in [0.2, 0.25) is 0 Å². The largest absolute Gasteiger partial charge is 0.428 e. The van der Waals surface area contributed by atoms with Crippen molar-refractivity contribution >= 4 is 11.9 Å². The number of nitrogens with one attached hydrogen (secondary N) is 1.